The van der Waals surface area contributed by atoms with Gasteiger partial charge in [0.25, 0.3) is 0 Å². The lowest BCUT2D eigenvalue weighted by molar-refractivity contribution is 0.412. The van der Waals surface area contributed by atoms with Crippen LogP contribution in [-0.4, -0.2) is 22.3 Å². The molecule has 0 bridgehead atoms. The third-order valence-electron chi connectivity index (χ3n) is 2.70. The van der Waals surface area contributed by atoms with Crippen molar-refractivity contribution in [3.8, 4) is 5.75 Å². The highest BCUT2D eigenvalue weighted by atomic mass is 35.5. The largest absolute Gasteiger partial charge is 0.493 e. The second kappa shape index (κ2) is 4.27. The lowest BCUT2D eigenvalue weighted by Crippen LogP contribution is -2.02. The lowest BCUT2D eigenvalue weighted by Gasteiger charge is -2.07. The molecule has 82 valence electrons. The maximum Gasteiger partial charge on any atom is 0.164 e. The summed E-state index contributed by atoms with van der Waals surface area (Å²) in [6.45, 7) is 2.92. The predicted octanol–water partition coefficient (Wildman–Crippen LogP) is 2.70. The lowest BCUT2D eigenvalue weighted by atomic mass is 10.1. The number of allylic oxidation sites excluding steroid dienone is 2. The van der Waals surface area contributed by atoms with Crippen molar-refractivity contribution in [3.05, 3.63) is 18.0 Å². The number of methoxy groups -OCH3 is 1. The third kappa shape index (κ3) is 1.88. The van der Waals surface area contributed by atoms with E-state index in [1.165, 1.54) is 5.57 Å². The third-order valence-corrected chi connectivity index (χ3v) is 3.05. The van der Waals surface area contributed by atoms with Gasteiger partial charge in [-0.05, 0) is 25.3 Å². The number of halogens is 1. The number of rotatable bonds is 3. The molecule has 1 unspecified atom stereocenters. The van der Waals surface area contributed by atoms with Crippen LogP contribution >= 0.6 is 11.6 Å². The first-order chi connectivity index (χ1) is 7.26. The average molecular weight is 227 g/mol. The fraction of sp³-hybridized carbons (Fsp3) is 0.545. The summed E-state index contributed by atoms with van der Waals surface area (Å²) in [4.78, 5) is 0. The van der Waals surface area contributed by atoms with E-state index in [0.717, 1.165) is 30.8 Å². The summed E-state index contributed by atoms with van der Waals surface area (Å²) in [5, 5.41) is 4.44. The summed E-state index contributed by atoms with van der Waals surface area (Å²) in [6, 6.07) is 0. The van der Waals surface area contributed by atoms with E-state index in [-0.39, 0.29) is 5.38 Å². The van der Waals surface area contributed by atoms with Crippen LogP contribution in [-0.2, 0) is 6.54 Å². The molecule has 0 spiro atoms. The number of nitrogens with zero attached hydrogens (tertiary/aromatic N) is 2. The van der Waals surface area contributed by atoms with E-state index in [1.807, 2.05) is 4.68 Å². The number of hydrogen-bond acceptors (Lipinski definition) is 2. The second-order valence-electron chi connectivity index (χ2n) is 3.62. The van der Waals surface area contributed by atoms with E-state index >= 15 is 0 Å². The van der Waals surface area contributed by atoms with Crippen LogP contribution in [0.25, 0.3) is 5.57 Å². The number of alkyl halides is 1. The maximum atomic E-state index is 6.07. The highest BCUT2D eigenvalue weighted by Gasteiger charge is 2.21. The highest BCUT2D eigenvalue weighted by Crippen LogP contribution is 2.35. The van der Waals surface area contributed by atoms with Crippen molar-refractivity contribution >= 4 is 17.2 Å². The van der Waals surface area contributed by atoms with E-state index in [1.54, 1.807) is 13.3 Å². The number of aromatic nitrogens is 2. The molecule has 0 saturated heterocycles. The Morgan fingerprint density at radius 3 is 3.00 bits per heavy atom. The molecular weight excluding hydrogens is 212 g/mol. The van der Waals surface area contributed by atoms with Gasteiger partial charge in [-0.1, -0.05) is 6.08 Å². The van der Waals surface area contributed by atoms with Gasteiger partial charge >= 0.3 is 0 Å². The molecule has 0 aromatic carbocycles. The Bertz CT molecular complexity index is 362. The van der Waals surface area contributed by atoms with Crippen LogP contribution in [0.15, 0.2) is 12.3 Å². The van der Waals surface area contributed by atoms with E-state index in [2.05, 4.69) is 18.1 Å². The van der Waals surface area contributed by atoms with E-state index in [4.69, 9.17) is 16.3 Å². The molecule has 0 radical (unpaired) electrons. The smallest absolute Gasteiger partial charge is 0.164 e. The number of aryl methyl sites for hydroxylation is 1. The Kier molecular flexibility index (Phi) is 3.00. The molecule has 1 aromatic heterocycles. The molecule has 3 nitrogen and oxygen atoms in total. The van der Waals surface area contributed by atoms with Crippen LogP contribution in [0.3, 0.4) is 0 Å². The van der Waals surface area contributed by atoms with Crippen LogP contribution in [0.4, 0.5) is 0 Å². The van der Waals surface area contributed by atoms with Gasteiger partial charge in [-0.25, -0.2) is 0 Å². The first-order valence-electron chi connectivity index (χ1n) is 5.21. The van der Waals surface area contributed by atoms with Crippen LogP contribution in [0.1, 0.15) is 25.5 Å². The normalized spacial score (nSPS) is 20.5. The van der Waals surface area contributed by atoms with Gasteiger partial charge in [0, 0.05) is 6.54 Å². The summed E-state index contributed by atoms with van der Waals surface area (Å²) in [5.41, 5.74) is 2.34. The summed E-state index contributed by atoms with van der Waals surface area (Å²) in [5.74, 6) is 0.842. The van der Waals surface area contributed by atoms with Crippen molar-refractivity contribution in [2.45, 2.75) is 31.7 Å². The Balaban J connectivity index is 2.41. The maximum absolute atomic E-state index is 6.07. The minimum atomic E-state index is 0.157. The van der Waals surface area contributed by atoms with Crippen molar-refractivity contribution < 1.29 is 4.74 Å². The van der Waals surface area contributed by atoms with Crippen molar-refractivity contribution in [1.29, 1.82) is 0 Å². The van der Waals surface area contributed by atoms with Crippen molar-refractivity contribution in [2.24, 2.45) is 0 Å². The Morgan fingerprint density at radius 2 is 2.47 bits per heavy atom. The van der Waals surface area contributed by atoms with E-state index < -0.39 is 0 Å². The van der Waals surface area contributed by atoms with Crippen molar-refractivity contribution in [1.82, 2.24) is 9.78 Å². The van der Waals surface area contributed by atoms with Gasteiger partial charge in [-0.2, -0.15) is 5.10 Å². The first-order valence-corrected chi connectivity index (χ1v) is 5.64. The Labute approximate surface area is 94.7 Å². The van der Waals surface area contributed by atoms with Gasteiger partial charge in [-0.15, -0.1) is 11.6 Å². The molecule has 2 rings (SSSR count). The molecule has 1 aliphatic rings. The van der Waals surface area contributed by atoms with Crippen LogP contribution in [0, 0.1) is 0 Å². The molecule has 1 aromatic rings. The fourth-order valence-corrected chi connectivity index (χ4v) is 2.22. The average Bonchev–Trinajstić information content (AvgIpc) is 2.82. The zero-order chi connectivity index (χ0) is 10.8. The molecule has 1 atom stereocenters. The second-order valence-corrected chi connectivity index (χ2v) is 4.18. The summed E-state index contributed by atoms with van der Waals surface area (Å²) in [7, 11) is 1.67. The predicted molar refractivity (Wildman–Crippen MR) is 61.3 cm³/mol. The minimum Gasteiger partial charge on any atom is -0.493 e. The fourth-order valence-electron chi connectivity index (χ4n) is 1.96. The summed E-state index contributed by atoms with van der Waals surface area (Å²) < 4.78 is 7.27. The molecule has 1 heterocycles. The van der Waals surface area contributed by atoms with Gasteiger partial charge in [0.15, 0.2) is 5.75 Å². The van der Waals surface area contributed by atoms with E-state index in [0.29, 0.717) is 0 Å². The molecule has 1 aliphatic carbocycles. The van der Waals surface area contributed by atoms with Crippen molar-refractivity contribution in [3.63, 3.8) is 0 Å². The molecular formula is C11H15ClN2O. The van der Waals surface area contributed by atoms with Gasteiger partial charge in [0.05, 0.1) is 18.7 Å². The number of hydrogen-bond donors (Lipinski definition) is 0. The quantitative estimate of drug-likeness (QED) is 0.741. The summed E-state index contributed by atoms with van der Waals surface area (Å²) in [6.07, 6.45) is 5.89. The molecule has 0 amide bonds. The molecule has 4 heteroatoms. The van der Waals surface area contributed by atoms with E-state index in [9.17, 15) is 0 Å². The van der Waals surface area contributed by atoms with Crippen LogP contribution < -0.4 is 4.74 Å². The highest BCUT2D eigenvalue weighted by molar-refractivity contribution is 6.22. The molecule has 0 N–H and O–H groups in total. The van der Waals surface area contributed by atoms with Gasteiger partial charge in [0.1, 0.15) is 5.69 Å². The van der Waals surface area contributed by atoms with Gasteiger partial charge in [0.2, 0.25) is 0 Å². The zero-order valence-electron chi connectivity index (χ0n) is 9.03. The van der Waals surface area contributed by atoms with Crippen LogP contribution in [0.5, 0.6) is 5.75 Å². The topological polar surface area (TPSA) is 27.1 Å². The number of ether oxygens (including phenoxy) is 1. The standard InChI is InChI=1S/C11H15ClN2O/c1-3-14-11(10(15-2)7-13-14)8-4-5-9(12)6-8/h6-7,9H,3-5H2,1-2H3. The van der Waals surface area contributed by atoms with Gasteiger partial charge < -0.3 is 4.74 Å². The first kappa shape index (κ1) is 10.6. The Morgan fingerprint density at radius 1 is 1.67 bits per heavy atom. The molecule has 15 heavy (non-hydrogen) atoms. The Hall–Kier alpha value is -0.960. The summed E-state index contributed by atoms with van der Waals surface area (Å²) >= 11 is 6.07. The minimum absolute atomic E-state index is 0.157. The van der Waals surface area contributed by atoms with Crippen molar-refractivity contribution in [2.75, 3.05) is 7.11 Å². The van der Waals surface area contributed by atoms with Crippen LogP contribution in [0.2, 0.25) is 0 Å². The zero-order valence-corrected chi connectivity index (χ0v) is 9.79. The van der Waals surface area contributed by atoms with Gasteiger partial charge in [-0.3, -0.25) is 4.68 Å². The molecule has 0 saturated carbocycles. The monoisotopic (exact) mass is 226 g/mol. The molecule has 0 aliphatic heterocycles. The SMILES string of the molecule is CCn1ncc(OC)c1C1=CC(Cl)CC1. The molecule has 0 fully saturated rings.